The Morgan fingerprint density at radius 1 is 0.857 bits per heavy atom. The van der Waals surface area contributed by atoms with Gasteiger partial charge in [0.15, 0.2) is 11.6 Å². The topological polar surface area (TPSA) is 115 Å². The molecule has 2 rings (SSSR count). The minimum absolute atomic E-state index is 0.0395. The summed E-state index contributed by atoms with van der Waals surface area (Å²) in [5, 5.41) is 10.9. The molecule has 35 heavy (non-hydrogen) atoms. The van der Waals surface area contributed by atoms with E-state index in [0.29, 0.717) is 3.57 Å². The number of aliphatic carboxylic acids is 1. The molecular weight excluding hydrogens is 588 g/mol. The van der Waals surface area contributed by atoms with E-state index in [-0.39, 0.29) is 63.9 Å². The number of hydroxylamine groups is 1. The van der Waals surface area contributed by atoms with Gasteiger partial charge in [-0.25, -0.2) is 18.7 Å². The Bertz CT molecular complexity index is 998. The van der Waals surface area contributed by atoms with Crippen LogP contribution in [-0.4, -0.2) is 63.2 Å². The standard InChI is InChI=1S/C22H24F3IN2O7/c23-16-3-2-15(21(20(16)25)27-18-4-1-14(26)13-17(18)24)22(31)28-35-12-11-34-10-9-33-8-7-32-6-5-19(29)30/h1-4,13,27H,5-12H2,(H,28,31)(H,29,30). The molecule has 2 aromatic rings. The first-order valence-corrected chi connectivity index (χ1v) is 11.4. The Hall–Kier alpha value is -2.46. The van der Waals surface area contributed by atoms with E-state index in [1.54, 1.807) is 6.07 Å². The number of rotatable bonds is 16. The average Bonchev–Trinajstić information content (AvgIpc) is 2.81. The van der Waals surface area contributed by atoms with E-state index in [2.05, 4.69) is 10.8 Å². The summed E-state index contributed by atoms with van der Waals surface area (Å²) < 4.78 is 58.4. The van der Waals surface area contributed by atoms with E-state index >= 15 is 0 Å². The van der Waals surface area contributed by atoms with Crippen LogP contribution in [0.4, 0.5) is 24.5 Å². The largest absolute Gasteiger partial charge is 0.481 e. The first kappa shape index (κ1) is 28.8. The Morgan fingerprint density at radius 3 is 2.11 bits per heavy atom. The van der Waals surface area contributed by atoms with E-state index in [1.807, 2.05) is 22.6 Å². The second kappa shape index (κ2) is 15.5. The molecule has 13 heteroatoms. The average molecular weight is 612 g/mol. The van der Waals surface area contributed by atoms with Gasteiger partial charge in [-0.3, -0.25) is 14.4 Å². The molecule has 0 fully saturated rings. The molecule has 0 atom stereocenters. The predicted molar refractivity (Wildman–Crippen MR) is 127 cm³/mol. The third-order valence-corrected chi connectivity index (χ3v) is 4.90. The molecule has 0 aliphatic carbocycles. The van der Waals surface area contributed by atoms with Gasteiger partial charge in [0.1, 0.15) is 5.82 Å². The minimum Gasteiger partial charge on any atom is -0.481 e. The van der Waals surface area contributed by atoms with E-state index in [4.69, 9.17) is 24.2 Å². The van der Waals surface area contributed by atoms with Crippen molar-refractivity contribution in [3.05, 3.63) is 56.9 Å². The van der Waals surface area contributed by atoms with Crippen molar-refractivity contribution >= 4 is 45.8 Å². The molecule has 0 aliphatic heterocycles. The van der Waals surface area contributed by atoms with Crippen LogP contribution in [0.1, 0.15) is 16.8 Å². The molecular formula is C22H24F3IN2O7. The number of nitrogens with one attached hydrogen (secondary N) is 2. The lowest BCUT2D eigenvalue weighted by molar-refractivity contribution is -0.138. The number of amides is 1. The number of carbonyl (C=O) groups excluding carboxylic acids is 1. The van der Waals surface area contributed by atoms with E-state index in [0.717, 1.165) is 12.1 Å². The highest BCUT2D eigenvalue weighted by molar-refractivity contribution is 14.1. The number of carboxylic acids is 1. The second-order valence-electron chi connectivity index (χ2n) is 6.79. The van der Waals surface area contributed by atoms with Gasteiger partial charge in [-0.15, -0.1) is 0 Å². The molecule has 2 aromatic carbocycles. The number of carbonyl (C=O) groups is 2. The van der Waals surface area contributed by atoms with Crippen LogP contribution in [0.15, 0.2) is 30.3 Å². The fourth-order valence-electron chi connectivity index (χ4n) is 2.56. The molecule has 0 aromatic heterocycles. The Morgan fingerprint density at radius 2 is 1.49 bits per heavy atom. The normalized spacial score (nSPS) is 10.9. The number of anilines is 2. The fourth-order valence-corrected chi connectivity index (χ4v) is 3.01. The molecule has 1 amide bonds. The van der Waals surface area contributed by atoms with Gasteiger partial charge >= 0.3 is 5.97 Å². The first-order chi connectivity index (χ1) is 16.8. The highest BCUT2D eigenvalue weighted by atomic mass is 127. The third-order valence-electron chi connectivity index (χ3n) is 4.23. The van der Waals surface area contributed by atoms with Crippen molar-refractivity contribution in [2.45, 2.75) is 6.42 Å². The summed E-state index contributed by atoms with van der Waals surface area (Å²) >= 11 is 1.90. The molecule has 0 unspecified atom stereocenters. The fraction of sp³-hybridized carbons (Fsp3) is 0.364. The van der Waals surface area contributed by atoms with Crippen molar-refractivity contribution in [1.29, 1.82) is 0 Å². The summed E-state index contributed by atoms with van der Waals surface area (Å²) in [6, 6.07) is 5.92. The van der Waals surface area contributed by atoms with Gasteiger partial charge in [0.05, 0.1) is 69.6 Å². The highest BCUT2D eigenvalue weighted by Gasteiger charge is 2.20. The smallest absolute Gasteiger partial charge is 0.305 e. The molecule has 0 heterocycles. The van der Waals surface area contributed by atoms with Gasteiger partial charge in [-0.05, 0) is 52.9 Å². The van der Waals surface area contributed by atoms with Crippen molar-refractivity contribution in [2.24, 2.45) is 0 Å². The molecule has 0 radical (unpaired) electrons. The molecule has 192 valence electrons. The zero-order valence-corrected chi connectivity index (χ0v) is 20.6. The van der Waals surface area contributed by atoms with Gasteiger partial charge < -0.3 is 24.6 Å². The summed E-state index contributed by atoms with van der Waals surface area (Å²) in [4.78, 5) is 27.7. The van der Waals surface area contributed by atoms with Gasteiger partial charge in [-0.1, -0.05) is 0 Å². The SMILES string of the molecule is O=C(O)CCOCCOCCOCCONC(=O)c1ccc(F)c(F)c1Nc1ccc(I)cc1F. The van der Waals surface area contributed by atoms with Gasteiger partial charge in [0.25, 0.3) is 5.91 Å². The van der Waals surface area contributed by atoms with Crippen molar-refractivity contribution in [3.8, 4) is 0 Å². The number of hydrogen-bond acceptors (Lipinski definition) is 7. The van der Waals surface area contributed by atoms with Gasteiger partial charge in [0.2, 0.25) is 0 Å². The lowest BCUT2D eigenvalue weighted by Gasteiger charge is -2.14. The van der Waals surface area contributed by atoms with Crippen LogP contribution in [0.25, 0.3) is 0 Å². The van der Waals surface area contributed by atoms with Crippen LogP contribution in [-0.2, 0) is 23.8 Å². The molecule has 0 spiro atoms. The summed E-state index contributed by atoms with van der Waals surface area (Å²) in [5.74, 6) is -5.06. The maximum Gasteiger partial charge on any atom is 0.305 e. The molecule has 0 saturated carbocycles. The van der Waals surface area contributed by atoms with Crippen LogP contribution < -0.4 is 10.8 Å². The monoisotopic (exact) mass is 612 g/mol. The minimum atomic E-state index is -1.34. The van der Waals surface area contributed by atoms with E-state index in [9.17, 15) is 22.8 Å². The van der Waals surface area contributed by atoms with Crippen molar-refractivity contribution in [3.63, 3.8) is 0 Å². The molecule has 0 bridgehead atoms. The van der Waals surface area contributed by atoms with Gasteiger partial charge in [0, 0.05) is 3.57 Å². The van der Waals surface area contributed by atoms with Crippen LogP contribution in [0.2, 0.25) is 0 Å². The lowest BCUT2D eigenvalue weighted by Crippen LogP contribution is -2.27. The van der Waals surface area contributed by atoms with Crippen molar-refractivity contribution in [1.82, 2.24) is 5.48 Å². The predicted octanol–water partition coefficient (Wildman–Crippen LogP) is 3.64. The molecule has 0 aliphatic rings. The summed E-state index contributed by atoms with van der Waals surface area (Å²) in [6.07, 6.45) is -0.0708. The number of ether oxygens (including phenoxy) is 3. The van der Waals surface area contributed by atoms with Crippen LogP contribution >= 0.6 is 22.6 Å². The first-order valence-electron chi connectivity index (χ1n) is 10.4. The Kier molecular flexibility index (Phi) is 12.8. The van der Waals surface area contributed by atoms with Crippen LogP contribution in [0.3, 0.4) is 0 Å². The zero-order chi connectivity index (χ0) is 25.6. The lowest BCUT2D eigenvalue weighted by atomic mass is 10.1. The maximum atomic E-state index is 14.4. The zero-order valence-electron chi connectivity index (χ0n) is 18.5. The molecule has 0 saturated heterocycles. The number of halogens is 4. The molecule has 9 nitrogen and oxygen atoms in total. The van der Waals surface area contributed by atoms with E-state index in [1.165, 1.54) is 12.1 Å². The summed E-state index contributed by atoms with van der Waals surface area (Å²) in [5.41, 5.74) is 1.14. The van der Waals surface area contributed by atoms with E-state index < -0.39 is 35.0 Å². The van der Waals surface area contributed by atoms with Crippen molar-refractivity contribution < 1.29 is 46.9 Å². The number of carboxylic acid groups (broad SMARTS) is 1. The number of benzene rings is 2. The summed E-state index contributed by atoms with van der Waals surface area (Å²) in [6.45, 7) is 1.24. The van der Waals surface area contributed by atoms with Gasteiger partial charge in [-0.2, -0.15) is 0 Å². The van der Waals surface area contributed by atoms with Crippen molar-refractivity contribution in [2.75, 3.05) is 51.6 Å². The van der Waals surface area contributed by atoms with Crippen LogP contribution in [0.5, 0.6) is 0 Å². The maximum absolute atomic E-state index is 14.4. The summed E-state index contributed by atoms with van der Waals surface area (Å²) in [7, 11) is 0. The number of hydrogen-bond donors (Lipinski definition) is 3. The highest BCUT2D eigenvalue weighted by Crippen LogP contribution is 2.28. The third kappa shape index (κ3) is 10.4. The Balaban J connectivity index is 1.71. The Labute approximate surface area is 213 Å². The van der Waals surface area contributed by atoms with Crippen LogP contribution in [0, 0.1) is 21.0 Å². The molecule has 3 N–H and O–H groups in total. The quantitative estimate of drug-likeness (QED) is 0.150. The second-order valence-corrected chi connectivity index (χ2v) is 8.04.